The van der Waals surface area contributed by atoms with Gasteiger partial charge < -0.3 is 14.8 Å². The molecule has 0 aliphatic rings. The molecule has 2 aromatic rings. The van der Waals surface area contributed by atoms with E-state index in [0.29, 0.717) is 21.5 Å². The normalized spacial score (nSPS) is 10.2. The molecule has 8 heteroatoms. The van der Waals surface area contributed by atoms with Crippen molar-refractivity contribution in [2.24, 2.45) is 0 Å². The minimum absolute atomic E-state index is 0.0927. The molecule has 5 nitrogen and oxygen atoms in total. The van der Waals surface area contributed by atoms with Gasteiger partial charge in [0.2, 0.25) is 0 Å². The van der Waals surface area contributed by atoms with Gasteiger partial charge in [0.05, 0.1) is 18.6 Å². The zero-order valence-electron chi connectivity index (χ0n) is 13.3. The van der Waals surface area contributed by atoms with E-state index in [1.165, 1.54) is 18.9 Å². The van der Waals surface area contributed by atoms with Gasteiger partial charge in [-0.2, -0.15) is 0 Å². The van der Waals surface area contributed by atoms with Gasteiger partial charge in [-0.15, -0.1) is 11.8 Å². The van der Waals surface area contributed by atoms with Gasteiger partial charge in [-0.05, 0) is 42.5 Å². The number of anilines is 1. The van der Waals surface area contributed by atoms with Crippen LogP contribution in [0.1, 0.15) is 0 Å². The van der Waals surface area contributed by atoms with E-state index in [0.717, 1.165) is 4.90 Å². The first-order valence-corrected chi connectivity index (χ1v) is 8.89. The van der Waals surface area contributed by atoms with Crippen molar-refractivity contribution >= 4 is 52.5 Å². The van der Waals surface area contributed by atoms with E-state index < -0.39 is 18.5 Å². The fourth-order valence-corrected chi connectivity index (χ4v) is 2.82. The first-order chi connectivity index (χ1) is 12.0. The molecule has 0 aliphatic heterocycles. The van der Waals surface area contributed by atoms with E-state index in [9.17, 15) is 9.59 Å². The Bertz CT molecular complexity index is 753. The highest BCUT2D eigenvalue weighted by Gasteiger charge is 2.11. The second-order valence-corrected chi connectivity index (χ2v) is 6.72. The van der Waals surface area contributed by atoms with E-state index in [1.807, 2.05) is 0 Å². The van der Waals surface area contributed by atoms with Crippen LogP contribution in [-0.2, 0) is 14.3 Å². The summed E-state index contributed by atoms with van der Waals surface area (Å²) in [5.74, 6) is -0.420. The molecule has 1 N–H and O–H groups in total. The number of esters is 1. The van der Waals surface area contributed by atoms with Crippen molar-refractivity contribution < 1.29 is 19.1 Å². The molecule has 0 aromatic heterocycles. The Hall–Kier alpha value is -1.89. The molecular formula is C17H15Cl2NO4S. The minimum Gasteiger partial charge on any atom is -0.495 e. The van der Waals surface area contributed by atoms with Gasteiger partial charge >= 0.3 is 5.97 Å². The lowest BCUT2D eigenvalue weighted by Crippen LogP contribution is -2.21. The smallest absolute Gasteiger partial charge is 0.316 e. The van der Waals surface area contributed by atoms with E-state index in [4.69, 9.17) is 32.7 Å². The second-order valence-electron chi connectivity index (χ2n) is 4.80. The lowest BCUT2D eigenvalue weighted by Gasteiger charge is -2.10. The molecule has 25 heavy (non-hydrogen) atoms. The number of ether oxygens (including phenoxy) is 2. The lowest BCUT2D eigenvalue weighted by molar-refractivity contribution is -0.144. The summed E-state index contributed by atoms with van der Waals surface area (Å²) in [4.78, 5) is 24.5. The van der Waals surface area contributed by atoms with Gasteiger partial charge in [-0.1, -0.05) is 23.2 Å². The van der Waals surface area contributed by atoms with Gasteiger partial charge in [-0.3, -0.25) is 9.59 Å². The summed E-state index contributed by atoms with van der Waals surface area (Å²) < 4.78 is 10.1. The average Bonchev–Trinajstić information content (AvgIpc) is 2.59. The number of hydrogen-bond donors (Lipinski definition) is 1. The number of benzene rings is 2. The van der Waals surface area contributed by atoms with Crippen molar-refractivity contribution in [3.8, 4) is 5.75 Å². The summed E-state index contributed by atoms with van der Waals surface area (Å²) >= 11 is 13.0. The van der Waals surface area contributed by atoms with Crippen molar-refractivity contribution in [2.45, 2.75) is 4.90 Å². The second kappa shape index (κ2) is 9.56. The Morgan fingerprint density at radius 3 is 2.44 bits per heavy atom. The third-order valence-electron chi connectivity index (χ3n) is 2.97. The third kappa shape index (κ3) is 6.49. The highest BCUT2D eigenvalue weighted by Crippen LogP contribution is 2.27. The van der Waals surface area contributed by atoms with Crippen molar-refractivity contribution in [3.05, 3.63) is 52.5 Å². The Morgan fingerprint density at radius 1 is 1.08 bits per heavy atom. The number of halogens is 2. The summed E-state index contributed by atoms with van der Waals surface area (Å²) in [6.45, 7) is -0.393. The Balaban J connectivity index is 1.78. The molecule has 0 unspecified atom stereocenters. The largest absolute Gasteiger partial charge is 0.495 e. The highest BCUT2D eigenvalue weighted by atomic mass is 35.5. The van der Waals surface area contributed by atoms with Gasteiger partial charge in [0.15, 0.2) is 6.61 Å². The number of methoxy groups -OCH3 is 1. The maximum Gasteiger partial charge on any atom is 0.316 e. The molecule has 0 fully saturated rings. The predicted molar refractivity (Wildman–Crippen MR) is 99.8 cm³/mol. The molecule has 0 bridgehead atoms. The van der Waals surface area contributed by atoms with Gasteiger partial charge in [0, 0.05) is 14.9 Å². The van der Waals surface area contributed by atoms with Crippen LogP contribution in [0.4, 0.5) is 5.69 Å². The molecule has 2 aromatic carbocycles. The maximum atomic E-state index is 11.9. The van der Waals surface area contributed by atoms with Crippen LogP contribution in [0.15, 0.2) is 47.4 Å². The number of hydrogen-bond acceptors (Lipinski definition) is 5. The molecule has 0 saturated heterocycles. The lowest BCUT2D eigenvalue weighted by atomic mass is 10.3. The number of carbonyl (C=O) groups excluding carboxylic acids is 2. The van der Waals surface area contributed by atoms with Crippen molar-refractivity contribution in [3.63, 3.8) is 0 Å². The zero-order chi connectivity index (χ0) is 18.2. The first-order valence-electron chi connectivity index (χ1n) is 7.15. The van der Waals surface area contributed by atoms with E-state index in [-0.39, 0.29) is 5.75 Å². The molecule has 132 valence electrons. The average molecular weight is 400 g/mol. The van der Waals surface area contributed by atoms with Crippen LogP contribution in [0.5, 0.6) is 5.75 Å². The molecule has 0 radical (unpaired) electrons. The zero-order valence-corrected chi connectivity index (χ0v) is 15.6. The SMILES string of the molecule is COc1ccc(Cl)cc1NC(=O)COC(=O)CSc1ccc(Cl)cc1. The molecule has 1 amide bonds. The third-order valence-corrected chi connectivity index (χ3v) is 4.44. The summed E-state index contributed by atoms with van der Waals surface area (Å²) in [6, 6.07) is 11.9. The van der Waals surface area contributed by atoms with Crippen molar-refractivity contribution in [2.75, 3.05) is 24.8 Å². The monoisotopic (exact) mass is 399 g/mol. The van der Waals surface area contributed by atoms with Crippen LogP contribution in [0.3, 0.4) is 0 Å². The van der Waals surface area contributed by atoms with Gasteiger partial charge in [0.1, 0.15) is 5.75 Å². The number of amides is 1. The van der Waals surface area contributed by atoms with Crippen LogP contribution >= 0.6 is 35.0 Å². The fraction of sp³-hybridized carbons (Fsp3) is 0.176. The maximum absolute atomic E-state index is 11.9. The Morgan fingerprint density at radius 2 is 1.76 bits per heavy atom. The summed E-state index contributed by atoms with van der Waals surface area (Å²) in [6.07, 6.45) is 0. The molecular weight excluding hydrogens is 385 g/mol. The van der Waals surface area contributed by atoms with Gasteiger partial charge in [-0.25, -0.2) is 0 Å². The van der Waals surface area contributed by atoms with E-state index >= 15 is 0 Å². The molecule has 0 aliphatic carbocycles. The number of rotatable bonds is 7. The summed E-state index contributed by atoms with van der Waals surface area (Å²) in [5, 5.41) is 3.67. The predicted octanol–water partition coefficient (Wildman–Crippen LogP) is 4.28. The van der Waals surface area contributed by atoms with E-state index in [1.54, 1.807) is 42.5 Å². The molecule has 0 spiro atoms. The highest BCUT2D eigenvalue weighted by molar-refractivity contribution is 8.00. The van der Waals surface area contributed by atoms with Crippen LogP contribution in [-0.4, -0.2) is 31.3 Å². The summed E-state index contributed by atoms with van der Waals surface area (Å²) in [5.41, 5.74) is 0.409. The molecule has 2 rings (SSSR count). The summed E-state index contributed by atoms with van der Waals surface area (Å²) in [7, 11) is 1.48. The number of carbonyl (C=O) groups is 2. The van der Waals surface area contributed by atoms with Crippen molar-refractivity contribution in [1.82, 2.24) is 0 Å². The molecule has 0 heterocycles. The van der Waals surface area contributed by atoms with Crippen molar-refractivity contribution in [1.29, 1.82) is 0 Å². The Kier molecular flexibility index (Phi) is 7.43. The quantitative estimate of drug-likeness (QED) is 0.555. The van der Waals surface area contributed by atoms with Crippen LogP contribution < -0.4 is 10.1 Å². The number of nitrogens with one attached hydrogen (secondary N) is 1. The number of thioether (sulfide) groups is 1. The van der Waals surface area contributed by atoms with Crippen LogP contribution in [0.2, 0.25) is 10.0 Å². The molecule has 0 atom stereocenters. The van der Waals surface area contributed by atoms with Gasteiger partial charge in [0.25, 0.3) is 5.91 Å². The standard InChI is InChI=1S/C17H15Cl2NO4S/c1-23-15-7-4-12(19)8-14(15)20-16(21)9-24-17(22)10-25-13-5-2-11(18)3-6-13/h2-8H,9-10H2,1H3,(H,20,21). The van der Waals surface area contributed by atoms with Crippen LogP contribution in [0.25, 0.3) is 0 Å². The fourth-order valence-electron chi connectivity index (χ4n) is 1.82. The van der Waals surface area contributed by atoms with Crippen LogP contribution in [0, 0.1) is 0 Å². The minimum atomic E-state index is -0.492. The first kappa shape index (κ1) is 19.4. The topological polar surface area (TPSA) is 64.6 Å². The Labute approximate surface area is 159 Å². The molecule has 0 saturated carbocycles. The van der Waals surface area contributed by atoms with E-state index in [2.05, 4.69) is 5.32 Å².